The summed E-state index contributed by atoms with van der Waals surface area (Å²) in [6.07, 6.45) is 2.80. The molecule has 0 spiro atoms. The number of hydroxylamine groups is 2. The van der Waals surface area contributed by atoms with Gasteiger partial charge in [0.15, 0.2) is 0 Å². The summed E-state index contributed by atoms with van der Waals surface area (Å²) in [6.45, 7) is 6.23. The van der Waals surface area contributed by atoms with Gasteiger partial charge in [0.25, 0.3) is 0 Å². The minimum atomic E-state index is -1.16. The second-order valence-corrected chi connectivity index (χ2v) is 3.85. The number of carbonyl (C=O) groups is 2. The van der Waals surface area contributed by atoms with Crippen molar-refractivity contribution in [2.24, 2.45) is 0 Å². The maximum absolute atomic E-state index is 11.2. The van der Waals surface area contributed by atoms with E-state index in [4.69, 9.17) is 9.94 Å². The molecule has 0 amide bonds. The van der Waals surface area contributed by atoms with Crippen LogP contribution in [-0.4, -0.2) is 59.7 Å². The fourth-order valence-corrected chi connectivity index (χ4v) is 1.66. The predicted molar refractivity (Wildman–Crippen MR) is 61.2 cm³/mol. The zero-order valence-electron chi connectivity index (χ0n) is 9.96. The minimum Gasteiger partial charge on any atom is -0.478 e. The molecule has 0 radical (unpaired) electrons. The van der Waals surface area contributed by atoms with Gasteiger partial charge in [0.1, 0.15) is 0 Å². The first kappa shape index (κ1) is 13.7. The van der Waals surface area contributed by atoms with E-state index in [1.807, 2.05) is 0 Å². The fourth-order valence-electron chi connectivity index (χ4n) is 1.66. The number of carboxylic acid groups (broad SMARTS) is 1. The predicted octanol–water partition coefficient (Wildman–Crippen LogP) is 0.113. The number of hydrogen-bond donors (Lipinski definition) is 1. The third-order valence-electron chi connectivity index (χ3n) is 2.45. The number of piperazine rings is 1. The van der Waals surface area contributed by atoms with E-state index < -0.39 is 11.9 Å². The van der Waals surface area contributed by atoms with Crippen molar-refractivity contribution in [2.75, 3.05) is 32.7 Å². The first-order valence-corrected chi connectivity index (χ1v) is 5.72. The zero-order valence-corrected chi connectivity index (χ0v) is 9.96. The second kappa shape index (κ2) is 7.03. The highest BCUT2D eigenvalue weighted by Crippen LogP contribution is 2.03. The van der Waals surface area contributed by atoms with Crippen molar-refractivity contribution in [3.8, 4) is 0 Å². The van der Waals surface area contributed by atoms with Crippen molar-refractivity contribution in [3.05, 3.63) is 12.2 Å². The molecule has 1 heterocycles. The number of rotatable bonds is 5. The van der Waals surface area contributed by atoms with E-state index in [9.17, 15) is 9.59 Å². The van der Waals surface area contributed by atoms with Crippen LogP contribution in [0.4, 0.5) is 0 Å². The van der Waals surface area contributed by atoms with Crippen LogP contribution in [0.5, 0.6) is 0 Å². The highest BCUT2D eigenvalue weighted by molar-refractivity contribution is 5.90. The molecule has 1 rings (SSSR count). The standard InChI is InChI=1S/C11H18N2O4/c1-2-5-12-6-8-13(9-7-12)17-11(16)4-3-10(14)15/h3-4H,2,5-9H2,1H3,(H,14,15)/b4-3+. The molecular formula is C11H18N2O4. The summed E-state index contributed by atoms with van der Waals surface area (Å²) in [4.78, 5) is 28.7. The van der Waals surface area contributed by atoms with Crippen LogP contribution >= 0.6 is 0 Å². The smallest absolute Gasteiger partial charge is 0.349 e. The average Bonchev–Trinajstić information content (AvgIpc) is 2.29. The Morgan fingerprint density at radius 3 is 2.41 bits per heavy atom. The van der Waals surface area contributed by atoms with Gasteiger partial charge in [-0.15, -0.1) is 5.06 Å². The Labute approximate surface area is 100 Å². The van der Waals surface area contributed by atoms with E-state index in [0.717, 1.165) is 38.2 Å². The molecule has 0 aromatic carbocycles. The number of hydrogen-bond acceptors (Lipinski definition) is 5. The van der Waals surface area contributed by atoms with Gasteiger partial charge in [-0.05, 0) is 13.0 Å². The molecular weight excluding hydrogens is 224 g/mol. The Morgan fingerprint density at radius 2 is 1.88 bits per heavy atom. The van der Waals surface area contributed by atoms with E-state index in [-0.39, 0.29) is 0 Å². The Hall–Kier alpha value is -1.40. The summed E-state index contributed by atoms with van der Waals surface area (Å²) in [6, 6.07) is 0. The van der Waals surface area contributed by atoms with Gasteiger partial charge in [-0.3, -0.25) is 0 Å². The molecule has 1 fully saturated rings. The zero-order chi connectivity index (χ0) is 12.7. The van der Waals surface area contributed by atoms with Gasteiger partial charge >= 0.3 is 11.9 Å². The third-order valence-corrected chi connectivity index (χ3v) is 2.45. The molecule has 1 aliphatic rings. The summed E-state index contributed by atoms with van der Waals surface area (Å²) < 4.78 is 0. The molecule has 0 bridgehead atoms. The van der Waals surface area contributed by atoms with Crippen molar-refractivity contribution in [1.29, 1.82) is 0 Å². The molecule has 1 aliphatic heterocycles. The molecule has 96 valence electrons. The average molecular weight is 242 g/mol. The van der Waals surface area contributed by atoms with Crippen molar-refractivity contribution in [3.63, 3.8) is 0 Å². The first-order chi connectivity index (χ1) is 8.11. The lowest BCUT2D eigenvalue weighted by molar-refractivity contribution is -0.191. The van der Waals surface area contributed by atoms with Gasteiger partial charge in [-0.25, -0.2) is 9.59 Å². The summed E-state index contributed by atoms with van der Waals surface area (Å²) in [5.74, 6) is -1.80. The third kappa shape index (κ3) is 5.46. The van der Waals surface area contributed by atoms with Crippen LogP contribution in [0.2, 0.25) is 0 Å². The Balaban J connectivity index is 2.26. The summed E-state index contributed by atoms with van der Waals surface area (Å²) in [5.41, 5.74) is 0. The Morgan fingerprint density at radius 1 is 1.24 bits per heavy atom. The van der Waals surface area contributed by atoms with Gasteiger partial charge in [0.2, 0.25) is 0 Å². The van der Waals surface area contributed by atoms with Gasteiger partial charge in [-0.2, -0.15) is 0 Å². The SMILES string of the molecule is CCCN1CCN(OC(=O)/C=C/C(=O)O)CC1. The van der Waals surface area contributed by atoms with E-state index >= 15 is 0 Å². The van der Waals surface area contributed by atoms with Crippen molar-refractivity contribution in [2.45, 2.75) is 13.3 Å². The quantitative estimate of drug-likeness (QED) is 0.690. The minimum absolute atomic E-state index is 0.642. The summed E-state index contributed by atoms with van der Waals surface area (Å²) in [7, 11) is 0. The summed E-state index contributed by atoms with van der Waals surface area (Å²) in [5, 5.41) is 9.92. The first-order valence-electron chi connectivity index (χ1n) is 5.72. The molecule has 6 nitrogen and oxygen atoms in total. The number of carbonyl (C=O) groups excluding carboxylic acids is 1. The van der Waals surface area contributed by atoms with Crippen molar-refractivity contribution >= 4 is 11.9 Å². The van der Waals surface area contributed by atoms with E-state index in [2.05, 4.69) is 11.8 Å². The molecule has 0 saturated carbocycles. The lowest BCUT2D eigenvalue weighted by atomic mass is 10.3. The second-order valence-electron chi connectivity index (χ2n) is 3.85. The van der Waals surface area contributed by atoms with Crippen LogP contribution in [0.15, 0.2) is 12.2 Å². The van der Waals surface area contributed by atoms with E-state index in [0.29, 0.717) is 13.1 Å². The highest BCUT2D eigenvalue weighted by atomic mass is 16.7. The molecule has 17 heavy (non-hydrogen) atoms. The van der Waals surface area contributed by atoms with Gasteiger partial charge in [0, 0.05) is 38.3 Å². The molecule has 0 aliphatic carbocycles. The van der Waals surface area contributed by atoms with Crippen molar-refractivity contribution in [1.82, 2.24) is 9.96 Å². The van der Waals surface area contributed by atoms with Crippen molar-refractivity contribution < 1.29 is 19.5 Å². The van der Waals surface area contributed by atoms with Crippen LogP contribution in [0.3, 0.4) is 0 Å². The topological polar surface area (TPSA) is 70.1 Å². The van der Waals surface area contributed by atoms with Crippen LogP contribution in [-0.2, 0) is 14.4 Å². The van der Waals surface area contributed by atoms with Gasteiger partial charge < -0.3 is 14.8 Å². The van der Waals surface area contributed by atoms with Crippen LogP contribution < -0.4 is 0 Å². The molecule has 6 heteroatoms. The van der Waals surface area contributed by atoms with Gasteiger partial charge in [0.05, 0.1) is 0 Å². The number of aliphatic carboxylic acids is 1. The fraction of sp³-hybridized carbons (Fsp3) is 0.636. The number of carboxylic acids is 1. The maximum atomic E-state index is 11.2. The van der Waals surface area contributed by atoms with Crippen LogP contribution in [0.1, 0.15) is 13.3 Å². The van der Waals surface area contributed by atoms with Crippen LogP contribution in [0.25, 0.3) is 0 Å². The molecule has 0 unspecified atom stereocenters. The Bertz CT molecular complexity index is 296. The molecule has 0 aromatic heterocycles. The van der Waals surface area contributed by atoms with E-state index in [1.165, 1.54) is 0 Å². The molecule has 1 N–H and O–H groups in total. The van der Waals surface area contributed by atoms with E-state index in [1.54, 1.807) is 5.06 Å². The largest absolute Gasteiger partial charge is 0.478 e. The lowest BCUT2D eigenvalue weighted by Crippen LogP contribution is -2.46. The maximum Gasteiger partial charge on any atom is 0.349 e. The monoisotopic (exact) mass is 242 g/mol. The Kier molecular flexibility index (Phi) is 5.65. The molecule has 0 atom stereocenters. The lowest BCUT2D eigenvalue weighted by Gasteiger charge is -2.32. The van der Waals surface area contributed by atoms with Gasteiger partial charge in [-0.1, -0.05) is 6.92 Å². The highest BCUT2D eigenvalue weighted by Gasteiger charge is 2.18. The van der Waals surface area contributed by atoms with Crippen LogP contribution in [0, 0.1) is 0 Å². The normalized spacial score (nSPS) is 18.4. The summed E-state index contributed by atoms with van der Waals surface area (Å²) >= 11 is 0. The molecule has 1 saturated heterocycles. The molecule has 0 aromatic rings. The number of nitrogens with zero attached hydrogens (tertiary/aromatic N) is 2.